The molecule has 0 radical (unpaired) electrons. The summed E-state index contributed by atoms with van der Waals surface area (Å²) in [5.41, 5.74) is 0. The normalized spacial score (nSPS) is 28.4. The quantitative estimate of drug-likeness (QED) is 0.466. The molecule has 0 aliphatic carbocycles. The van der Waals surface area contributed by atoms with Crippen molar-refractivity contribution in [1.29, 1.82) is 0 Å². The Kier molecular flexibility index (Phi) is 6.61. The molecule has 1 aliphatic rings. The summed E-state index contributed by atoms with van der Waals surface area (Å²) in [6.45, 7) is 6.60. The average molecular weight is 240 g/mol. The fourth-order valence-electron chi connectivity index (χ4n) is 2.73. The first-order valence-electron chi connectivity index (χ1n) is 7.41. The molecule has 2 nitrogen and oxygen atoms in total. The Bertz CT molecular complexity index is 225. The number of unbranched alkanes of at least 4 members (excludes halogenated alkanes) is 4. The molecule has 0 amide bonds. The zero-order valence-electron chi connectivity index (χ0n) is 11.7. The summed E-state index contributed by atoms with van der Waals surface area (Å²) >= 11 is 0. The minimum absolute atomic E-state index is 0.0649. The minimum Gasteiger partial charge on any atom is -0.462 e. The molecule has 0 spiro atoms. The molecule has 0 unspecified atom stereocenters. The van der Waals surface area contributed by atoms with E-state index in [0.717, 1.165) is 12.8 Å². The van der Waals surface area contributed by atoms with Crippen LogP contribution in [0.2, 0.25) is 0 Å². The third kappa shape index (κ3) is 4.33. The topological polar surface area (TPSA) is 26.3 Å². The summed E-state index contributed by atoms with van der Waals surface area (Å²) in [6.07, 6.45) is 9.58. The molecule has 100 valence electrons. The Hall–Kier alpha value is -0.530. The maximum atomic E-state index is 11.8. The predicted molar refractivity (Wildman–Crippen MR) is 70.8 cm³/mol. The van der Waals surface area contributed by atoms with Gasteiger partial charge < -0.3 is 4.74 Å². The molecule has 0 aromatic rings. The minimum atomic E-state index is 0.0649. The number of carbonyl (C=O) groups is 1. The lowest BCUT2D eigenvalue weighted by Gasteiger charge is -2.16. The predicted octanol–water partition coefficient (Wildman–Crippen LogP) is 4.32. The molecule has 0 aromatic heterocycles. The van der Waals surface area contributed by atoms with Gasteiger partial charge in [-0.3, -0.25) is 4.79 Å². The van der Waals surface area contributed by atoms with Crippen molar-refractivity contribution >= 4 is 5.97 Å². The van der Waals surface area contributed by atoms with Crippen LogP contribution in [0.15, 0.2) is 0 Å². The van der Waals surface area contributed by atoms with Crippen LogP contribution in [0, 0.1) is 11.8 Å². The third-order valence-corrected chi connectivity index (χ3v) is 4.00. The number of carbonyl (C=O) groups excluding carboxylic acids is 1. The number of ether oxygens (including phenoxy) is 1. The molecule has 1 saturated heterocycles. The van der Waals surface area contributed by atoms with Crippen molar-refractivity contribution in [3.8, 4) is 0 Å². The number of hydrogen-bond acceptors (Lipinski definition) is 2. The maximum absolute atomic E-state index is 11.8. The van der Waals surface area contributed by atoms with Crippen LogP contribution in [0.1, 0.15) is 72.1 Å². The standard InChI is InChI=1S/C15H28O2/c1-4-6-8-10-13-12(3)14(17-15(13)16)11-9-7-5-2/h12-14H,4-11H2,1-3H3/t12-,13+,14-/m0/s1. The second kappa shape index (κ2) is 7.73. The lowest BCUT2D eigenvalue weighted by Crippen LogP contribution is -2.17. The Morgan fingerprint density at radius 2 is 1.59 bits per heavy atom. The van der Waals surface area contributed by atoms with Gasteiger partial charge in [-0.2, -0.15) is 0 Å². The second-order valence-electron chi connectivity index (χ2n) is 5.43. The van der Waals surface area contributed by atoms with Gasteiger partial charge in [0.15, 0.2) is 0 Å². The Morgan fingerprint density at radius 1 is 1.00 bits per heavy atom. The molecule has 3 atom stereocenters. The first-order valence-corrected chi connectivity index (χ1v) is 7.41. The Balaban J connectivity index is 2.33. The largest absolute Gasteiger partial charge is 0.462 e. The first-order chi connectivity index (χ1) is 8.20. The zero-order chi connectivity index (χ0) is 12.7. The van der Waals surface area contributed by atoms with E-state index in [1.165, 1.54) is 38.5 Å². The highest BCUT2D eigenvalue weighted by atomic mass is 16.6. The lowest BCUT2D eigenvalue weighted by atomic mass is 9.86. The van der Waals surface area contributed by atoms with E-state index in [-0.39, 0.29) is 18.0 Å². The van der Waals surface area contributed by atoms with Crippen LogP contribution in [0.25, 0.3) is 0 Å². The monoisotopic (exact) mass is 240 g/mol. The Labute approximate surface area is 106 Å². The molecule has 1 fully saturated rings. The van der Waals surface area contributed by atoms with Crippen molar-refractivity contribution in [2.75, 3.05) is 0 Å². The van der Waals surface area contributed by atoms with Crippen molar-refractivity contribution in [3.63, 3.8) is 0 Å². The van der Waals surface area contributed by atoms with Crippen LogP contribution in [0.4, 0.5) is 0 Å². The lowest BCUT2D eigenvalue weighted by molar-refractivity contribution is -0.144. The number of hydrogen-bond donors (Lipinski definition) is 0. The smallest absolute Gasteiger partial charge is 0.309 e. The van der Waals surface area contributed by atoms with E-state index in [1.54, 1.807) is 0 Å². The summed E-state index contributed by atoms with van der Waals surface area (Å²) in [7, 11) is 0. The van der Waals surface area contributed by atoms with Crippen molar-refractivity contribution in [2.24, 2.45) is 11.8 Å². The maximum Gasteiger partial charge on any atom is 0.309 e. The molecule has 0 aromatic carbocycles. The molecule has 0 bridgehead atoms. The SMILES string of the molecule is CCCCC[C@@H]1OC(=O)[C@H](CCCCC)[C@@H]1C. The van der Waals surface area contributed by atoms with Gasteiger partial charge >= 0.3 is 5.97 Å². The van der Waals surface area contributed by atoms with Crippen molar-refractivity contribution in [1.82, 2.24) is 0 Å². The number of esters is 1. The van der Waals surface area contributed by atoms with Gasteiger partial charge in [0.1, 0.15) is 6.10 Å². The van der Waals surface area contributed by atoms with E-state index in [9.17, 15) is 4.79 Å². The van der Waals surface area contributed by atoms with Gasteiger partial charge in [-0.25, -0.2) is 0 Å². The summed E-state index contributed by atoms with van der Waals surface area (Å²) in [6, 6.07) is 0. The summed E-state index contributed by atoms with van der Waals surface area (Å²) in [4.78, 5) is 11.8. The third-order valence-electron chi connectivity index (χ3n) is 4.00. The van der Waals surface area contributed by atoms with E-state index < -0.39 is 0 Å². The van der Waals surface area contributed by atoms with E-state index in [0.29, 0.717) is 5.92 Å². The van der Waals surface area contributed by atoms with Crippen LogP contribution in [0.5, 0.6) is 0 Å². The fraction of sp³-hybridized carbons (Fsp3) is 0.933. The Morgan fingerprint density at radius 3 is 2.18 bits per heavy atom. The number of rotatable bonds is 8. The molecule has 1 heterocycles. The molecule has 2 heteroatoms. The molecular weight excluding hydrogens is 212 g/mol. The summed E-state index contributed by atoms with van der Waals surface area (Å²) < 4.78 is 5.52. The van der Waals surface area contributed by atoms with Crippen LogP contribution >= 0.6 is 0 Å². The van der Waals surface area contributed by atoms with Crippen LogP contribution < -0.4 is 0 Å². The highest BCUT2D eigenvalue weighted by Gasteiger charge is 2.40. The molecule has 17 heavy (non-hydrogen) atoms. The average Bonchev–Trinajstić information content (AvgIpc) is 2.57. The van der Waals surface area contributed by atoms with E-state index in [1.807, 2.05) is 0 Å². The molecule has 1 aliphatic heterocycles. The van der Waals surface area contributed by atoms with Gasteiger partial charge in [0.2, 0.25) is 0 Å². The van der Waals surface area contributed by atoms with Crippen LogP contribution in [-0.4, -0.2) is 12.1 Å². The van der Waals surface area contributed by atoms with E-state index in [4.69, 9.17) is 4.74 Å². The van der Waals surface area contributed by atoms with E-state index in [2.05, 4.69) is 20.8 Å². The summed E-state index contributed by atoms with van der Waals surface area (Å²) in [5.74, 6) is 0.666. The van der Waals surface area contributed by atoms with E-state index >= 15 is 0 Å². The van der Waals surface area contributed by atoms with Gasteiger partial charge in [-0.05, 0) is 19.3 Å². The second-order valence-corrected chi connectivity index (χ2v) is 5.43. The summed E-state index contributed by atoms with van der Waals surface area (Å²) in [5, 5.41) is 0. The van der Waals surface area contributed by atoms with Crippen LogP contribution in [-0.2, 0) is 9.53 Å². The van der Waals surface area contributed by atoms with Gasteiger partial charge in [-0.15, -0.1) is 0 Å². The molecule has 0 saturated carbocycles. The highest BCUT2D eigenvalue weighted by Crippen LogP contribution is 2.34. The van der Waals surface area contributed by atoms with Crippen molar-refractivity contribution in [2.45, 2.75) is 78.2 Å². The van der Waals surface area contributed by atoms with Crippen molar-refractivity contribution < 1.29 is 9.53 Å². The van der Waals surface area contributed by atoms with Gasteiger partial charge in [0, 0.05) is 5.92 Å². The van der Waals surface area contributed by atoms with Crippen LogP contribution in [0.3, 0.4) is 0 Å². The molecule has 1 rings (SSSR count). The number of cyclic esters (lactones) is 1. The molecular formula is C15H28O2. The van der Waals surface area contributed by atoms with Gasteiger partial charge in [-0.1, -0.05) is 52.9 Å². The molecule has 0 N–H and O–H groups in total. The zero-order valence-corrected chi connectivity index (χ0v) is 11.7. The van der Waals surface area contributed by atoms with Gasteiger partial charge in [0.05, 0.1) is 5.92 Å². The highest BCUT2D eigenvalue weighted by molar-refractivity contribution is 5.75. The first kappa shape index (κ1) is 14.5. The van der Waals surface area contributed by atoms with Gasteiger partial charge in [0.25, 0.3) is 0 Å². The fourth-order valence-corrected chi connectivity index (χ4v) is 2.73. The van der Waals surface area contributed by atoms with Crippen molar-refractivity contribution in [3.05, 3.63) is 0 Å².